The van der Waals surface area contributed by atoms with Crippen molar-refractivity contribution in [1.82, 2.24) is 0 Å². The largest absolute Gasteiger partial charge is 0.469 e. The van der Waals surface area contributed by atoms with Crippen LogP contribution in [0.5, 0.6) is 0 Å². The third-order valence-electron chi connectivity index (χ3n) is 3.61. The number of carbonyl (C=O) groups is 1. The molecule has 4 nitrogen and oxygen atoms in total. The molecular formula is C15H16N2O2. The van der Waals surface area contributed by atoms with Crippen molar-refractivity contribution in [2.45, 2.75) is 19.8 Å². The van der Waals surface area contributed by atoms with Crippen molar-refractivity contribution in [1.29, 1.82) is 0 Å². The molecule has 0 radical (unpaired) electrons. The number of benzene rings is 1. The van der Waals surface area contributed by atoms with Gasteiger partial charge in [0.05, 0.1) is 11.8 Å². The summed E-state index contributed by atoms with van der Waals surface area (Å²) < 4.78 is 5.33. The maximum atomic E-state index is 12.6. The van der Waals surface area contributed by atoms with Crippen molar-refractivity contribution in [3.63, 3.8) is 0 Å². The van der Waals surface area contributed by atoms with E-state index < -0.39 is 0 Å². The Hall–Kier alpha value is -2.23. The summed E-state index contributed by atoms with van der Waals surface area (Å²) in [7, 11) is 0. The van der Waals surface area contributed by atoms with Crippen LogP contribution in [-0.2, 0) is 12.8 Å². The molecule has 1 aliphatic rings. The zero-order valence-corrected chi connectivity index (χ0v) is 10.8. The molecule has 2 aromatic rings. The minimum absolute atomic E-state index is 0.00468. The third-order valence-corrected chi connectivity index (χ3v) is 3.61. The summed E-state index contributed by atoms with van der Waals surface area (Å²) in [5.74, 6) is 0.734. The van der Waals surface area contributed by atoms with Gasteiger partial charge >= 0.3 is 0 Å². The molecule has 0 spiro atoms. The molecule has 2 N–H and O–H groups in total. The van der Waals surface area contributed by atoms with Gasteiger partial charge in [-0.1, -0.05) is 13.0 Å². The second-order valence-corrected chi connectivity index (χ2v) is 4.66. The van der Waals surface area contributed by atoms with Crippen LogP contribution in [0.25, 0.3) is 0 Å². The van der Waals surface area contributed by atoms with Crippen molar-refractivity contribution in [2.75, 3.05) is 17.2 Å². The Labute approximate surface area is 111 Å². The van der Waals surface area contributed by atoms with Gasteiger partial charge < -0.3 is 15.1 Å². The van der Waals surface area contributed by atoms with Gasteiger partial charge in [0.15, 0.2) is 0 Å². The first-order chi connectivity index (χ1) is 9.22. The Morgan fingerprint density at radius 2 is 2.26 bits per heavy atom. The molecule has 0 fully saturated rings. The first-order valence-corrected chi connectivity index (χ1v) is 6.48. The second-order valence-electron chi connectivity index (χ2n) is 4.66. The van der Waals surface area contributed by atoms with Crippen LogP contribution < -0.4 is 10.6 Å². The third kappa shape index (κ3) is 1.80. The van der Waals surface area contributed by atoms with Crippen LogP contribution in [0.1, 0.15) is 28.6 Å². The lowest BCUT2D eigenvalue weighted by Gasteiger charge is -2.17. The lowest BCUT2D eigenvalue weighted by molar-refractivity contribution is 0.0987. The van der Waals surface area contributed by atoms with Gasteiger partial charge in [0.2, 0.25) is 0 Å². The SMILES string of the molecule is CCc1occc1C(=O)N1CCc2c(N)cccc21. The van der Waals surface area contributed by atoms with Crippen molar-refractivity contribution in [3.8, 4) is 0 Å². The Morgan fingerprint density at radius 3 is 3.05 bits per heavy atom. The van der Waals surface area contributed by atoms with E-state index in [1.165, 1.54) is 0 Å². The fourth-order valence-electron chi connectivity index (χ4n) is 2.62. The predicted molar refractivity (Wildman–Crippen MR) is 74.3 cm³/mol. The smallest absolute Gasteiger partial charge is 0.261 e. The van der Waals surface area contributed by atoms with Gasteiger partial charge in [-0.2, -0.15) is 0 Å². The van der Waals surface area contributed by atoms with E-state index in [2.05, 4.69) is 0 Å². The molecule has 3 rings (SSSR count). The predicted octanol–water partition coefficient (Wildman–Crippen LogP) is 2.63. The summed E-state index contributed by atoms with van der Waals surface area (Å²) in [5, 5.41) is 0. The van der Waals surface area contributed by atoms with E-state index >= 15 is 0 Å². The average Bonchev–Trinajstić information content (AvgIpc) is 3.05. The summed E-state index contributed by atoms with van der Waals surface area (Å²) in [6.45, 7) is 2.66. The van der Waals surface area contributed by atoms with Crippen molar-refractivity contribution in [3.05, 3.63) is 47.4 Å². The molecule has 19 heavy (non-hydrogen) atoms. The summed E-state index contributed by atoms with van der Waals surface area (Å²) in [6.07, 6.45) is 3.10. The molecule has 0 bridgehead atoms. The quantitative estimate of drug-likeness (QED) is 0.840. The summed E-state index contributed by atoms with van der Waals surface area (Å²) in [4.78, 5) is 14.4. The molecule has 0 unspecified atom stereocenters. The van der Waals surface area contributed by atoms with E-state index in [0.717, 1.165) is 29.1 Å². The molecule has 4 heteroatoms. The number of nitrogen functional groups attached to an aromatic ring is 1. The van der Waals surface area contributed by atoms with Crippen LogP contribution in [0.4, 0.5) is 11.4 Å². The zero-order valence-electron chi connectivity index (χ0n) is 10.8. The van der Waals surface area contributed by atoms with E-state index in [1.54, 1.807) is 17.2 Å². The minimum atomic E-state index is -0.00468. The molecule has 1 aromatic carbocycles. The number of fused-ring (bicyclic) bond motifs is 1. The van der Waals surface area contributed by atoms with Gasteiger partial charge in [0.25, 0.3) is 5.91 Å². The molecule has 1 amide bonds. The van der Waals surface area contributed by atoms with Crippen LogP contribution in [0.2, 0.25) is 0 Å². The number of furan rings is 1. The Kier molecular flexibility index (Phi) is 2.78. The van der Waals surface area contributed by atoms with Gasteiger partial charge in [-0.05, 0) is 24.6 Å². The molecule has 1 aromatic heterocycles. The zero-order chi connectivity index (χ0) is 13.4. The van der Waals surface area contributed by atoms with Gasteiger partial charge in [-0.15, -0.1) is 0 Å². The number of carbonyl (C=O) groups excluding carboxylic acids is 1. The average molecular weight is 256 g/mol. The van der Waals surface area contributed by atoms with E-state index in [4.69, 9.17) is 10.2 Å². The number of amides is 1. The monoisotopic (exact) mass is 256 g/mol. The molecule has 2 heterocycles. The van der Waals surface area contributed by atoms with Crippen LogP contribution in [0, 0.1) is 0 Å². The number of anilines is 2. The van der Waals surface area contributed by atoms with E-state index in [1.807, 2.05) is 25.1 Å². The second kappa shape index (κ2) is 4.46. The van der Waals surface area contributed by atoms with Gasteiger partial charge in [0.1, 0.15) is 5.76 Å². The highest BCUT2D eigenvalue weighted by molar-refractivity contribution is 6.08. The Balaban J connectivity index is 1.98. The lowest BCUT2D eigenvalue weighted by Crippen LogP contribution is -2.29. The van der Waals surface area contributed by atoms with Crippen molar-refractivity contribution in [2.24, 2.45) is 0 Å². The first kappa shape index (κ1) is 11.8. The maximum absolute atomic E-state index is 12.6. The molecule has 0 atom stereocenters. The van der Waals surface area contributed by atoms with E-state index in [9.17, 15) is 4.79 Å². The summed E-state index contributed by atoms with van der Waals surface area (Å²) in [5.41, 5.74) is 9.35. The standard InChI is InChI=1S/C15H16N2O2/c1-2-14-11(7-9-19-14)15(18)17-8-6-10-12(16)4-3-5-13(10)17/h3-5,7,9H,2,6,8,16H2,1H3. The number of aryl methyl sites for hydroxylation is 1. The number of hydrogen-bond donors (Lipinski definition) is 1. The molecular weight excluding hydrogens is 240 g/mol. The van der Waals surface area contributed by atoms with E-state index in [-0.39, 0.29) is 5.91 Å². The van der Waals surface area contributed by atoms with Crippen LogP contribution in [-0.4, -0.2) is 12.5 Å². The number of rotatable bonds is 2. The van der Waals surface area contributed by atoms with Crippen molar-refractivity contribution >= 4 is 17.3 Å². The topological polar surface area (TPSA) is 59.5 Å². The Morgan fingerprint density at radius 1 is 1.42 bits per heavy atom. The number of hydrogen-bond acceptors (Lipinski definition) is 3. The van der Waals surface area contributed by atoms with Crippen LogP contribution >= 0.6 is 0 Å². The van der Waals surface area contributed by atoms with Gasteiger partial charge in [0, 0.05) is 29.9 Å². The fourth-order valence-corrected chi connectivity index (χ4v) is 2.62. The van der Waals surface area contributed by atoms with Crippen LogP contribution in [0.15, 0.2) is 34.9 Å². The number of nitrogens with two attached hydrogens (primary N) is 1. The fraction of sp³-hybridized carbons (Fsp3) is 0.267. The highest BCUT2D eigenvalue weighted by Crippen LogP contribution is 2.33. The first-order valence-electron chi connectivity index (χ1n) is 6.48. The molecule has 98 valence electrons. The highest BCUT2D eigenvalue weighted by Gasteiger charge is 2.28. The maximum Gasteiger partial charge on any atom is 0.261 e. The van der Waals surface area contributed by atoms with Crippen molar-refractivity contribution < 1.29 is 9.21 Å². The highest BCUT2D eigenvalue weighted by atomic mass is 16.3. The molecule has 0 saturated carbocycles. The lowest BCUT2D eigenvalue weighted by atomic mass is 10.1. The Bertz CT molecular complexity index is 631. The normalized spacial score (nSPS) is 13.6. The van der Waals surface area contributed by atoms with Crippen LogP contribution in [0.3, 0.4) is 0 Å². The minimum Gasteiger partial charge on any atom is -0.469 e. The van der Waals surface area contributed by atoms with Gasteiger partial charge in [-0.3, -0.25) is 4.79 Å². The van der Waals surface area contributed by atoms with Gasteiger partial charge in [-0.25, -0.2) is 0 Å². The summed E-state index contributed by atoms with van der Waals surface area (Å²) in [6, 6.07) is 7.45. The molecule has 1 aliphatic heterocycles. The summed E-state index contributed by atoms with van der Waals surface area (Å²) >= 11 is 0. The molecule has 0 aliphatic carbocycles. The molecule has 0 saturated heterocycles. The number of nitrogens with zero attached hydrogens (tertiary/aromatic N) is 1. The van der Waals surface area contributed by atoms with E-state index in [0.29, 0.717) is 18.5 Å².